The first-order valence-corrected chi connectivity index (χ1v) is 6.91. The number of nitrogens with zero attached hydrogens (tertiary/aromatic N) is 2. The number of benzene rings is 1. The normalized spacial score (nSPS) is 13.8. The van der Waals surface area contributed by atoms with Crippen molar-refractivity contribution in [1.29, 1.82) is 0 Å². The van der Waals surface area contributed by atoms with E-state index in [1.807, 2.05) is 61.9 Å². The maximum atomic E-state index is 12.2. The molecule has 4 heteroatoms. The van der Waals surface area contributed by atoms with Gasteiger partial charge >= 0.3 is 0 Å². The number of rotatable bonds is 5. The van der Waals surface area contributed by atoms with Crippen LogP contribution < -0.4 is 5.32 Å². The van der Waals surface area contributed by atoms with Gasteiger partial charge in [-0.1, -0.05) is 37.3 Å². The summed E-state index contributed by atoms with van der Waals surface area (Å²) in [6, 6.07) is 10.0. The highest BCUT2D eigenvalue weighted by molar-refractivity contribution is 5.78. The van der Waals surface area contributed by atoms with Gasteiger partial charge in [-0.2, -0.15) is 0 Å². The lowest BCUT2D eigenvalue weighted by molar-refractivity contribution is -0.125. The minimum atomic E-state index is -0.0888. The van der Waals surface area contributed by atoms with Crippen LogP contribution in [0.3, 0.4) is 0 Å². The molecule has 1 aromatic carbocycles. The van der Waals surface area contributed by atoms with Gasteiger partial charge in [0.05, 0.1) is 12.0 Å². The second kappa shape index (κ2) is 6.37. The Labute approximate surface area is 119 Å². The zero-order chi connectivity index (χ0) is 14.5. The van der Waals surface area contributed by atoms with Crippen molar-refractivity contribution in [2.75, 3.05) is 0 Å². The molecule has 0 bridgehead atoms. The van der Waals surface area contributed by atoms with Gasteiger partial charge in [-0.25, -0.2) is 4.98 Å². The van der Waals surface area contributed by atoms with Crippen molar-refractivity contribution < 1.29 is 4.79 Å². The van der Waals surface area contributed by atoms with Crippen LogP contribution in [-0.2, 0) is 11.3 Å². The molecule has 1 heterocycles. The average molecular weight is 271 g/mol. The number of aromatic nitrogens is 2. The third kappa shape index (κ3) is 3.47. The van der Waals surface area contributed by atoms with Crippen molar-refractivity contribution in [3.05, 3.63) is 54.1 Å². The van der Waals surface area contributed by atoms with Crippen LogP contribution in [0.5, 0.6) is 0 Å². The van der Waals surface area contributed by atoms with E-state index >= 15 is 0 Å². The van der Waals surface area contributed by atoms with Crippen LogP contribution >= 0.6 is 0 Å². The SMILES string of the molecule is Cc1nccn1C[C@@H](C)C(=O)N[C@H](C)c1ccccc1. The van der Waals surface area contributed by atoms with Crippen molar-refractivity contribution >= 4 is 5.91 Å². The molecule has 0 unspecified atom stereocenters. The Morgan fingerprint density at radius 2 is 2.00 bits per heavy atom. The van der Waals surface area contributed by atoms with E-state index in [0.29, 0.717) is 6.54 Å². The van der Waals surface area contributed by atoms with Crippen LogP contribution in [0, 0.1) is 12.8 Å². The molecule has 4 nitrogen and oxygen atoms in total. The Kier molecular flexibility index (Phi) is 4.56. The third-order valence-corrected chi connectivity index (χ3v) is 3.50. The van der Waals surface area contributed by atoms with Gasteiger partial charge in [-0.05, 0) is 19.4 Å². The minimum absolute atomic E-state index is 0.0232. The van der Waals surface area contributed by atoms with Crippen molar-refractivity contribution in [2.45, 2.75) is 33.4 Å². The molecule has 1 amide bonds. The monoisotopic (exact) mass is 271 g/mol. The van der Waals surface area contributed by atoms with Crippen molar-refractivity contribution in [3.63, 3.8) is 0 Å². The van der Waals surface area contributed by atoms with E-state index in [1.165, 1.54) is 0 Å². The van der Waals surface area contributed by atoms with E-state index in [-0.39, 0.29) is 17.9 Å². The second-order valence-electron chi connectivity index (χ2n) is 5.17. The number of imidazole rings is 1. The van der Waals surface area contributed by atoms with Gasteiger partial charge in [0, 0.05) is 18.9 Å². The fourth-order valence-corrected chi connectivity index (χ4v) is 2.16. The molecule has 1 aromatic heterocycles. The fraction of sp³-hybridized carbons (Fsp3) is 0.375. The first-order valence-electron chi connectivity index (χ1n) is 6.91. The molecule has 0 aliphatic carbocycles. The lowest BCUT2D eigenvalue weighted by Crippen LogP contribution is -2.33. The van der Waals surface area contributed by atoms with Gasteiger partial charge in [-0.3, -0.25) is 4.79 Å². The fourth-order valence-electron chi connectivity index (χ4n) is 2.16. The average Bonchev–Trinajstić information content (AvgIpc) is 2.85. The van der Waals surface area contributed by atoms with Gasteiger partial charge in [0.15, 0.2) is 0 Å². The Balaban J connectivity index is 1.93. The van der Waals surface area contributed by atoms with Crippen molar-refractivity contribution in [3.8, 4) is 0 Å². The number of amides is 1. The molecule has 20 heavy (non-hydrogen) atoms. The van der Waals surface area contributed by atoms with Crippen LogP contribution in [-0.4, -0.2) is 15.5 Å². The molecule has 0 aliphatic rings. The maximum Gasteiger partial charge on any atom is 0.225 e. The number of carbonyl (C=O) groups excluding carboxylic acids is 1. The Bertz CT molecular complexity index is 562. The molecule has 1 N–H and O–H groups in total. The minimum Gasteiger partial charge on any atom is -0.349 e. The van der Waals surface area contributed by atoms with Gasteiger partial charge < -0.3 is 9.88 Å². The molecular weight excluding hydrogens is 250 g/mol. The summed E-state index contributed by atoms with van der Waals surface area (Å²) >= 11 is 0. The molecule has 2 aromatic rings. The highest BCUT2D eigenvalue weighted by atomic mass is 16.1. The summed E-state index contributed by atoms with van der Waals surface area (Å²) < 4.78 is 2.00. The lowest BCUT2D eigenvalue weighted by Gasteiger charge is -2.18. The molecule has 0 saturated heterocycles. The summed E-state index contributed by atoms with van der Waals surface area (Å²) in [7, 11) is 0. The van der Waals surface area contributed by atoms with E-state index < -0.39 is 0 Å². The third-order valence-electron chi connectivity index (χ3n) is 3.50. The topological polar surface area (TPSA) is 46.9 Å². The molecule has 0 saturated carbocycles. The van der Waals surface area contributed by atoms with Crippen LogP contribution in [0.1, 0.15) is 31.3 Å². The van der Waals surface area contributed by atoms with Crippen LogP contribution in [0.4, 0.5) is 0 Å². The standard InChI is InChI=1S/C16H21N3O/c1-12(11-19-10-9-17-14(19)3)16(20)18-13(2)15-7-5-4-6-8-15/h4-10,12-13H,11H2,1-3H3,(H,18,20)/t12-,13-/m1/s1. The van der Waals surface area contributed by atoms with Crippen LogP contribution in [0.25, 0.3) is 0 Å². The Hall–Kier alpha value is -2.10. The molecular formula is C16H21N3O. The zero-order valence-electron chi connectivity index (χ0n) is 12.2. The van der Waals surface area contributed by atoms with Gasteiger partial charge in [0.25, 0.3) is 0 Å². The highest BCUT2D eigenvalue weighted by Gasteiger charge is 2.17. The molecule has 106 valence electrons. The smallest absolute Gasteiger partial charge is 0.225 e. The summed E-state index contributed by atoms with van der Waals surface area (Å²) in [5.74, 6) is 0.907. The largest absolute Gasteiger partial charge is 0.349 e. The van der Waals surface area contributed by atoms with E-state index in [0.717, 1.165) is 11.4 Å². The number of hydrogen-bond donors (Lipinski definition) is 1. The molecule has 0 aliphatic heterocycles. The maximum absolute atomic E-state index is 12.2. The van der Waals surface area contributed by atoms with E-state index in [9.17, 15) is 4.79 Å². The Morgan fingerprint density at radius 1 is 1.30 bits per heavy atom. The van der Waals surface area contributed by atoms with Crippen molar-refractivity contribution in [2.24, 2.45) is 5.92 Å². The summed E-state index contributed by atoms with van der Waals surface area (Å²) in [5.41, 5.74) is 1.12. The highest BCUT2D eigenvalue weighted by Crippen LogP contribution is 2.13. The molecule has 0 radical (unpaired) electrons. The summed E-state index contributed by atoms with van der Waals surface area (Å²) in [6.07, 6.45) is 3.66. The molecule has 2 atom stereocenters. The molecule has 2 rings (SSSR count). The number of nitrogens with one attached hydrogen (secondary N) is 1. The lowest BCUT2D eigenvalue weighted by atomic mass is 10.1. The van der Waals surface area contributed by atoms with Gasteiger partial charge in [0.1, 0.15) is 5.82 Å². The van der Waals surface area contributed by atoms with E-state index in [2.05, 4.69) is 10.3 Å². The first kappa shape index (κ1) is 14.3. The predicted molar refractivity (Wildman–Crippen MR) is 79.1 cm³/mol. The zero-order valence-corrected chi connectivity index (χ0v) is 12.2. The van der Waals surface area contributed by atoms with Crippen molar-refractivity contribution in [1.82, 2.24) is 14.9 Å². The number of aryl methyl sites for hydroxylation is 1. The van der Waals surface area contributed by atoms with Gasteiger partial charge in [-0.15, -0.1) is 0 Å². The second-order valence-corrected chi connectivity index (χ2v) is 5.17. The van der Waals surface area contributed by atoms with Gasteiger partial charge in [0.2, 0.25) is 5.91 Å². The first-order chi connectivity index (χ1) is 9.58. The summed E-state index contributed by atoms with van der Waals surface area (Å²) in [4.78, 5) is 16.4. The number of carbonyl (C=O) groups is 1. The van der Waals surface area contributed by atoms with E-state index in [1.54, 1.807) is 6.20 Å². The molecule has 0 spiro atoms. The van der Waals surface area contributed by atoms with Crippen LogP contribution in [0.2, 0.25) is 0 Å². The predicted octanol–water partition coefficient (Wildman–Crippen LogP) is 2.71. The Morgan fingerprint density at radius 3 is 2.60 bits per heavy atom. The van der Waals surface area contributed by atoms with Crippen LogP contribution in [0.15, 0.2) is 42.7 Å². The summed E-state index contributed by atoms with van der Waals surface area (Å²) in [5, 5.41) is 3.06. The quantitative estimate of drug-likeness (QED) is 0.909. The number of hydrogen-bond acceptors (Lipinski definition) is 2. The van der Waals surface area contributed by atoms with E-state index in [4.69, 9.17) is 0 Å². The summed E-state index contributed by atoms with van der Waals surface area (Å²) in [6.45, 7) is 6.53. The molecule has 0 fully saturated rings.